The number of aryl methyl sites for hydroxylation is 2. The van der Waals surface area contributed by atoms with Crippen molar-refractivity contribution in [1.82, 2.24) is 9.97 Å². The molecule has 0 aromatic carbocycles. The summed E-state index contributed by atoms with van der Waals surface area (Å²) in [5.74, 6) is 0. The molecule has 1 aliphatic rings. The second-order valence-electron chi connectivity index (χ2n) is 3.87. The van der Waals surface area contributed by atoms with E-state index < -0.39 is 0 Å². The minimum absolute atomic E-state index is 0.470. The highest BCUT2D eigenvalue weighted by Crippen LogP contribution is 2.29. The average Bonchev–Trinajstić information content (AvgIpc) is 2.38. The molecule has 3 heteroatoms. The summed E-state index contributed by atoms with van der Waals surface area (Å²) in [6.45, 7) is 0. The van der Waals surface area contributed by atoms with E-state index in [1.54, 1.807) is 12.3 Å². The SMILES string of the molecule is O=Cc1ccc2c(n1)-c1ncccc1CC2. The first-order chi connectivity index (χ1) is 7.88. The number of nitrogens with zero attached hydrogens (tertiary/aromatic N) is 2. The van der Waals surface area contributed by atoms with E-state index in [0.29, 0.717) is 5.69 Å². The molecule has 0 atom stereocenters. The Labute approximate surface area is 93.2 Å². The van der Waals surface area contributed by atoms with Gasteiger partial charge in [-0.2, -0.15) is 0 Å². The lowest BCUT2D eigenvalue weighted by molar-refractivity contribution is 0.111. The maximum atomic E-state index is 10.7. The number of aromatic nitrogens is 2. The van der Waals surface area contributed by atoms with Gasteiger partial charge in [0.05, 0.1) is 11.4 Å². The molecule has 1 aliphatic carbocycles. The van der Waals surface area contributed by atoms with Gasteiger partial charge >= 0.3 is 0 Å². The van der Waals surface area contributed by atoms with E-state index in [1.165, 1.54) is 11.1 Å². The van der Waals surface area contributed by atoms with Crippen LogP contribution >= 0.6 is 0 Å². The van der Waals surface area contributed by atoms with Crippen LogP contribution in [0.25, 0.3) is 11.4 Å². The number of carbonyl (C=O) groups excluding carboxylic acids is 1. The Balaban J connectivity index is 2.25. The van der Waals surface area contributed by atoms with Crippen LogP contribution in [-0.2, 0) is 12.8 Å². The lowest BCUT2D eigenvalue weighted by Crippen LogP contribution is -2.08. The van der Waals surface area contributed by atoms with Crippen LogP contribution in [0.15, 0.2) is 30.5 Å². The van der Waals surface area contributed by atoms with Crippen LogP contribution in [0.2, 0.25) is 0 Å². The minimum atomic E-state index is 0.470. The highest BCUT2D eigenvalue weighted by Gasteiger charge is 2.18. The third-order valence-electron chi connectivity index (χ3n) is 2.90. The van der Waals surface area contributed by atoms with E-state index in [9.17, 15) is 4.79 Å². The van der Waals surface area contributed by atoms with Crippen molar-refractivity contribution < 1.29 is 4.79 Å². The average molecular weight is 210 g/mol. The van der Waals surface area contributed by atoms with Gasteiger partial charge < -0.3 is 0 Å². The molecule has 78 valence electrons. The zero-order valence-electron chi connectivity index (χ0n) is 8.68. The fraction of sp³-hybridized carbons (Fsp3) is 0.154. The van der Waals surface area contributed by atoms with Crippen molar-refractivity contribution in [2.75, 3.05) is 0 Å². The van der Waals surface area contributed by atoms with Crippen LogP contribution in [-0.4, -0.2) is 16.3 Å². The summed E-state index contributed by atoms with van der Waals surface area (Å²) in [6.07, 6.45) is 4.51. The van der Waals surface area contributed by atoms with Crippen molar-refractivity contribution in [3.63, 3.8) is 0 Å². The second kappa shape index (κ2) is 3.52. The molecule has 3 rings (SSSR count). The molecule has 0 amide bonds. The summed E-state index contributed by atoms with van der Waals surface area (Å²) >= 11 is 0. The maximum Gasteiger partial charge on any atom is 0.168 e. The Hall–Kier alpha value is -2.03. The van der Waals surface area contributed by atoms with E-state index in [1.807, 2.05) is 12.1 Å². The third kappa shape index (κ3) is 1.33. The van der Waals surface area contributed by atoms with Gasteiger partial charge in [-0.25, -0.2) is 4.98 Å². The number of hydrogen-bond acceptors (Lipinski definition) is 3. The zero-order chi connectivity index (χ0) is 11.0. The van der Waals surface area contributed by atoms with Gasteiger partial charge in [0.1, 0.15) is 5.69 Å². The smallest absolute Gasteiger partial charge is 0.168 e. The molecule has 0 spiro atoms. The molecule has 0 saturated heterocycles. The molecule has 0 saturated carbocycles. The molecule has 0 bridgehead atoms. The Morgan fingerprint density at radius 2 is 1.88 bits per heavy atom. The molecule has 0 aliphatic heterocycles. The number of aldehydes is 1. The normalized spacial score (nSPS) is 12.8. The largest absolute Gasteiger partial charge is 0.296 e. The summed E-state index contributed by atoms with van der Waals surface area (Å²) in [4.78, 5) is 19.4. The van der Waals surface area contributed by atoms with Crippen molar-refractivity contribution in [1.29, 1.82) is 0 Å². The highest BCUT2D eigenvalue weighted by atomic mass is 16.1. The third-order valence-corrected chi connectivity index (χ3v) is 2.90. The van der Waals surface area contributed by atoms with Gasteiger partial charge in [-0.15, -0.1) is 0 Å². The van der Waals surface area contributed by atoms with Crippen molar-refractivity contribution in [3.05, 3.63) is 47.3 Å². The second-order valence-corrected chi connectivity index (χ2v) is 3.87. The van der Waals surface area contributed by atoms with Crippen LogP contribution in [0.1, 0.15) is 21.6 Å². The molecular weight excluding hydrogens is 200 g/mol. The first-order valence-electron chi connectivity index (χ1n) is 5.28. The number of fused-ring (bicyclic) bond motifs is 3. The monoisotopic (exact) mass is 210 g/mol. The van der Waals surface area contributed by atoms with Gasteiger partial charge in [0.2, 0.25) is 0 Å². The molecule has 0 unspecified atom stereocenters. The van der Waals surface area contributed by atoms with Crippen LogP contribution in [0, 0.1) is 0 Å². The van der Waals surface area contributed by atoms with Crippen molar-refractivity contribution >= 4 is 6.29 Å². The van der Waals surface area contributed by atoms with Crippen molar-refractivity contribution in [2.24, 2.45) is 0 Å². The summed E-state index contributed by atoms with van der Waals surface area (Å²) < 4.78 is 0. The molecule has 0 fully saturated rings. The van der Waals surface area contributed by atoms with Crippen molar-refractivity contribution in [3.8, 4) is 11.4 Å². The quantitative estimate of drug-likeness (QED) is 0.676. The minimum Gasteiger partial charge on any atom is -0.296 e. The topological polar surface area (TPSA) is 42.9 Å². The lowest BCUT2D eigenvalue weighted by Gasteiger charge is -2.17. The molecule has 0 N–H and O–H groups in total. The van der Waals surface area contributed by atoms with Crippen molar-refractivity contribution in [2.45, 2.75) is 12.8 Å². The van der Waals surface area contributed by atoms with Gasteiger partial charge in [0.25, 0.3) is 0 Å². The van der Waals surface area contributed by atoms with Gasteiger partial charge in [-0.3, -0.25) is 9.78 Å². The van der Waals surface area contributed by atoms with Crippen LogP contribution in [0.4, 0.5) is 0 Å². The predicted molar refractivity (Wildman–Crippen MR) is 60.3 cm³/mol. The van der Waals surface area contributed by atoms with Crippen LogP contribution in [0.3, 0.4) is 0 Å². The number of pyridine rings is 2. The lowest BCUT2D eigenvalue weighted by atomic mass is 9.92. The first kappa shape index (κ1) is 9.21. The molecule has 2 aromatic heterocycles. The zero-order valence-corrected chi connectivity index (χ0v) is 8.68. The summed E-state index contributed by atoms with van der Waals surface area (Å²) in [5, 5.41) is 0. The van der Waals surface area contributed by atoms with E-state index in [4.69, 9.17) is 0 Å². The molecule has 16 heavy (non-hydrogen) atoms. The molecular formula is C13H10N2O. The fourth-order valence-corrected chi connectivity index (χ4v) is 2.10. The van der Waals surface area contributed by atoms with Gasteiger partial charge in [0.15, 0.2) is 6.29 Å². The number of carbonyl (C=O) groups is 1. The maximum absolute atomic E-state index is 10.7. The Bertz CT molecular complexity index is 564. The van der Waals surface area contributed by atoms with Crippen LogP contribution in [0.5, 0.6) is 0 Å². The van der Waals surface area contributed by atoms with Gasteiger partial charge in [-0.1, -0.05) is 12.1 Å². The number of hydrogen-bond donors (Lipinski definition) is 0. The van der Waals surface area contributed by atoms with E-state index in [-0.39, 0.29) is 0 Å². The van der Waals surface area contributed by atoms with Gasteiger partial charge in [0, 0.05) is 6.20 Å². The Kier molecular flexibility index (Phi) is 2.03. The molecule has 0 radical (unpaired) electrons. The molecule has 2 heterocycles. The Morgan fingerprint density at radius 1 is 1.06 bits per heavy atom. The van der Waals surface area contributed by atoms with Crippen LogP contribution < -0.4 is 0 Å². The van der Waals surface area contributed by atoms with E-state index in [0.717, 1.165) is 30.5 Å². The van der Waals surface area contributed by atoms with E-state index >= 15 is 0 Å². The standard InChI is InChI=1S/C13H10N2O/c16-8-11-6-5-10-4-3-9-2-1-7-14-12(9)13(10)15-11/h1-2,5-8H,3-4H2. The van der Waals surface area contributed by atoms with Gasteiger partial charge in [-0.05, 0) is 36.1 Å². The molecule has 2 aromatic rings. The predicted octanol–water partition coefficient (Wildman–Crippen LogP) is 2.05. The van der Waals surface area contributed by atoms with E-state index in [2.05, 4.69) is 16.0 Å². The fourth-order valence-electron chi connectivity index (χ4n) is 2.10. The first-order valence-corrected chi connectivity index (χ1v) is 5.28. The summed E-state index contributed by atoms with van der Waals surface area (Å²) in [7, 11) is 0. The molecule has 3 nitrogen and oxygen atoms in total. The Morgan fingerprint density at radius 3 is 2.69 bits per heavy atom. The number of rotatable bonds is 1. The summed E-state index contributed by atoms with van der Waals surface area (Å²) in [5.41, 5.74) is 4.65. The summed E-state index contributed by atoms with van der Waals surface area (Å²) in [6, 6.07) is 7.75. The highest BCUT2D eigenvalue weighted by molar-refractivity contribution is 5.75.